The molecule has 0 radical (unpaired) electrons. The fourth-order valence-corrected chi connectivity index (χ4v) is 3.16. The minimum absolute atomic E-state index is 0.198. The normalized spacial score (nSPS) is 15.3. The van der Waals surface area contributed by atoms with E-state index in [0.717, 1.165) is 12.8 Å². The molecule has 120 valence electrons. The minimum Gasteiger partial charge on any atom is -0.434 e. The Hall–Kier alpha value is -1.77. The summed E-state index contributed by atoms with van der Waals surface area (Å²) in [5, 5.41) is 0. The molecule has 0 N–H and O–H groups in total. The molecule has 0 amide bonds. The maximum Gasteiger partial charge on any atom is 0.508 e. The summed E-state index contributed by atoms with van der Waals surface area (Å²) < 4.78 is 9.83. The van der Waals surface area contributed by atoms with Crippen LogP contribution < -0.4 is 0 Å². The fraction of sp³-hybridized carbons (Fsp3) is 0.526. The molecular weight excluding hydrogens is 276 g/mol. The van der Waals surface area contributed by atoms with Crippen LogP contribution in [0.1, 0.15) is 55.6 Å². The maximum atomic E-state index is 11.2. The van der Waals surface area contributed by atoms with Gasteiger partial charge in [-0.3, -0.25) is 0 Å². The van der Waals surface area contributed by atoms with Crippen molar-refractivity contribution in [2.45, 2.75) is 50.9 Å². The third-order valence-corrected chi connectivity index (χ3v) is 4.23. The zero-order chi connectivity index (χ0) is 15.6. The molecule has 1 aliphatic carbocycles. The van der Waals surface area contributed by atoms with Crippen molar-refractivity contribution < 1.29 is 14.3 Å². The van der Waals surface area contributed by atoms with Gasteiger partial charge in [-0.05, 0) is 42.7 Å². The zero-order valence-corrected chi connectivity index (χ0v) is 13.3. The summed E-state index contributed by atoms with van der Waals surface area (Å²) in [6, 6.07) is 8.71. The number of benzene rings is 1. The predicted molar refractivity (Wildman–Crippen MR) is 88.1 cm³/mol. The van der Waals surface area contributed by atoms with E-state index < -0.39 is 6.16 Å². The molecule has 0 spiro atoms. The van der Waals surface area contributed by atoms with Gasteiger partial charge < -0.3 is 9.47 Å². The first kappa shape index (κ1) is 16.6. The highest BCUT2D eigenvalue weighted by Crippen LogP contribution is 2.34. The van der Waals surface area contributed by atoms with Crippen LogP contribution in [-0.4, -0.2) is 19.4 Å². The van der Waals surface area contributed by atoms with Crippen molar-refractivity contribution in [3.63, 3.8) is 0 Å². The third kappa shape index (κ3) is 5.21. The number of rotatable bonds is 7. The molecule has 1 aliphatic rings. The number of hydrogen-bond acceptors (Lipinski definition) is 3. The molecule has 1 aromatic carbocycles. The lowest BCUT2D eigenvalue weighted by Crippen LogP contribution is -2.10. The van der Waals surface area contributed by atoms with E-state index in [1.165, 1.54) is 49.3 Å². The first-order chi connectivity index (χ1) is 10.8. The Balaban J connectivity index is 1.80. The monoisotopic (exact) mass is 302 g/mol. The van der Waals surface area contributed by atoms with Crippen molar-refractivity contribution in [1.82, 2.24) is 0 Å². The van der Waals surface area contributed by atoms with Gasteiger partial charge in [-0.15, -0.1) is 0 Å². The smallest absolute Gasteiger partial charge is 0.434 e. The Bertz CT molecular complexity index is 475. The Labute approximate surface area is 133 Å². The van der Waals surface area contributed by atoms with Crippen molar-refractivity contribution in [3.8, 4) is 0 Å². The van der Waals surface area contributed by atoms with Gasteiger partial charge in [-0.1, -0.05) is 56.2 Å². The molecule has 0 unspecified atom stereocenters. The van der Waals surface area contributed by atoms with Gasteiger partial charge in [0.05, 0.1) is 6.61 Å². The molecule has 0 aliphatic heterocycles. The SMILES string of the molecule is C=CCOC(=O)OCCCc1ccccc1C1CCCCC1. The van der Waals surface area contributed by atoms with E-state index in [4.69, 9.17) is 9.47 Å². The van der Waals surface area contributed by atoms with Crippen LogP contribution >= 0.6 is 0 Å². The summed E-state index contributed by atoms with van der Waals surface area (Å²) in [6.07, 6.45) is 9.37. The number of carbonyl (C=O) groups excluding carboxylic acids is 1. The lowest BCUT2D eigenvalue weighted by atomic mass is 9.81. The molecule has 0 atom stereocenters. The second-order valence-corrected chi connectivity index (χ2v) is 5.84. The predicted octanol–water partition coefficient (Wildman–Crippen LogP) is 5.01. The molecule has 1 fully saturated rings. The highest BCUT2D eigenvalue weighted by atomic mass is 16.7. The molecule has 2 rings (SSSR count). The Kier molecular flexibility index (Phi) is 7.01. The summed E-state index contributed by atoms with van der Waals surface area (Å²) in [6.45, 7) is 4.09. The summed E-state index contributed by atoms with van der Waals surface area (Å²) in [5.41, 5.74) is 2.90. The van der Waals surface area contributed by atoms with Gasteiger partial charge in [0, 0.05) is 0 Å². The highest BCUT2D eigenvalue weighted by molar-refractivity contribution is 5.59. The van der Waals surface area contributed by atoms with Gasteiger partial charge >= 0.3 is 6.16 Å². The molecule has 0 saturated heterocycles. The standard InChI is InChI=1S/C19H26O3/c1-2-14-21-19(20)22-15-8-12-17-11-6-7-13-18(17)16-9-4-3-5-10-16/h2,6-7,11,13,16H,1,3-5,8-10,12,14-15H2. The van der Waals surface area contributed by atoms with E-state index in [-0.39, 0.29) is 6.61 Å². The van der Waals surface area contributed by atoms with E-state index in [2.05, 4.69) is 30.8 Å². The van der Waals surface area contributed by atoms with E-state index in [1.807, 2.05) is 0 Å². The molecule has 3 heteroatoms. The summed E-state index contributed by atoms with van der Waals surface area (Å²) in [4.78, 5) is 11.2. The van der Waals surface area contributed by atoms with Crippen LogP contribution in [0, 0.1) is 0 Å². The average Bonchev–Trinajstić information content (AvgIpc) is 2.58. The van der Waals surface area contributed by atoms with Crippen molar-refractivity contribution in [2.24, 2.45) is 0 Å². The van der Waals surface area contributed by atoms with Crippen molar-refractivity contribution in [1.29, 1.82) is 0 Å². The highest BCUT2D eigenvalue weighted by Gasteiger charge is 2.17. The number of carbonyl (C=O) groups is 1. The lowest BCUT2D eigenvalue weighted by Gasteiger charge is -2.24. The van der Waals surface area contributed by atoms with E-state index >= 15 is 0 Å². The number of aryl methyl sites for hydroxylation is 1. The molecule has 0 bridgehead atoms. The zero-order valence-electron chi connectivity index (χ0n) is 13.3. The largest absolute Gasteiger partial charge is 0.508 e. The van der Waals surface area contributed by atoms with Crippen molar-refractivity contribution in [3.05, 3.63) is 48.0 Å². The summed E-state index contributed by atoms with van der Waals surface area (Å²) in [7, 11) is 0. The van der Waals surface area contributed by atoms with Crippen LogP contribution in [-0.2, 0) is 15.9 Å². The molecule has 3 nitrogen and oxygen atoms in total. The maximum absolute atomic E-state index is 11.2. The third-order valence-electron chi connectivity index (χ3n) is 4.23. The molecule has 22 heavy (non-hydrogen) atoms. The van der Waals surface area contributed by atoms with E-state index in [0.29, 0.717) is 12.5 Å². The number of ether oxygens (including phenoxy) is 2. The van der Waals surface area contributed by atoms with Crippen LogP contribution in [0.3, 0.4) is 0 Å². The van der Waals surface area contributed by atoms with Crippen LogP contribution in [0.15, 0.2) is 36.9 Å². The first-order valence-corrected chi connectivity index (χ1v) is 8.29. The molecule has 1 saturated carbocycles. The van der Waals surface area contributed by atoms with Gasteiger partial charge in [-0.25, -0.2) is 4.79 Å². The minimum atomic E-state index is -0.611. The van der Waals surface area contributed by atoms with Gasteiger partial charge in [0.1, 0.15) is 6.61 Å². The second-order valence-electron chi connectivity index (χ2n) is 5.84. The van der Waals surface area contributed by atoms with E-state index in [1.54, 1.807) is 0 Å². The quantitative estimate of drug-likeness (QED) is 0.403. The van der Waals surface area contributed by atoms with Gasteiger partial charge in [-0.2, -0.15) is 0 Å². The fourth-order valence-electron chi connectivity index (χ4n) is 3.16. The number of hydrogen-bond donors (Lipinski definition) is 0. The molecule has 0 aromatic heterocycles. The van der Waals surface area contributed by atoms with Gasteiger partial charge in [0.15, 0.2) is 0 Å². The summed E-state index contributed by atoms with van der Waals surface area (Å²) in [5.74, 6) is 0.712. The summed E-state index contributed by atoms with van der Waals surface area (Å²) >= 11 is 0. The molecular formula is C19H26O3. The Morgan fingerprint density at radius 2 is 1.95 bits per heavy atom. The second kappa shape index (κ2) is 9.29. The van der Waals surface area contributed by atoms with Gasteiger partial charge in [0.2, 0.25) is 0 Å². The average molecular weight is 302 g/mol. The van der Waals surface area contributed by atoms with Crippen LogP contribution in [0.25, 0.3) is 0 Å². The lowest BCUT2D eigenvalue weighted by molar-refractivity contribution is 0.0625. The van der Waals surface area contributed by atoms with Crippen molar-refractivity contribution in [2.75, 3.05) is 13.2 Å². The van der Waals surface area contributed by atoms with Crippen LogP contribution in [0.2, 0.25) is 0 Å². The van der Waals surface area contributed by atoms with Crippen LogP contribution in [0.4, 0.5) is 4.79 Å². The molecule has 0 heterocycles. The van der Waals surface area contributed by atoms with Crippen molar-refractivity contribution >= 4 is 6.16 Å². The Morgan fingerprint density at radius 1 is 1.18 bits per heavy atom. The van der Waals surface area contributed by atoms with E-state index in [9.17, 15) is 4.79 Å². The van der Waals surface area contributed by atoms with Gasteiger partial charge in [0.25, 0.3) is 0 Å². The Morgan fingerprint density at radius 3 is 2.73 bits per heavy atom. The topological polar surface area (TPSA) is 35.5 Å². The first-order valence-electron chi connectivity index (χ1n) is 8.29. The molecule has 1 aromatic rings. The van der Waals surface area contributed by atoms with Crippen LogP contribution in [0.5, 0.6) is 0 Å².